The summed E-state index contributed by atoms with van der Waals surface area (Å²) in [5.41, 5.74) is 2.19. The van der Waals surface area contributed by atoms with E-state index in [1.165, 1.54) is 0 Å². The number of aryl methyl sites for hydroxylation is 1. The van der Waals surface area contributed by atoms with Crippen LogP contribution >= 0.6 is 11.6 Å². The van der Waals surface area contributed by atoms with Crippen LogP contribution in [0.1, 0.15) is 5.56 Å². The predicted octanol–water partition coefficient (Wildman–Crippen LogP) is 1.76. The number of benzene rings is 1. The number of hydrogen-bond acceptors (Lipinski definition) is 3. The van der Waals surface area contributed by atoms with E-state index in [2.05, 4.69) is 22.9 Å². The van der Waals surface area contributed by atoms with E-state index < -0.39 is 0 Å². The fourth-order valence-corrected chi connectivity index (χ4v) is 2.44. The Bertz CT molecular complexity index is 397. The zero-order valence-corrected chi connectivity index (χ0v) is 11.1. The average molecular weight is 255 g/mol. The van der Waals surface area contributed by atoms with Crippen molar-refractivity contribution in [3.05, 3.63) is 28.8 Å². The van der Waals surface area contributed by atoms with Gasteiger partial charge in [0.25, 0.3) is 0 Å². The van der Waals surface area contributed by atoms with Crippen LogP contribution < -0.4 is 4.90 Å². The molecule has 0 aliphatic carbocycles. The molecule has 0 aromatic heterocycles. The third-order valence-corrected chi connectivity index (χ3v) is 3.79. The minimum atomic E-state index is 0.160. The van der Waals surface area contributed by atoms with Gasteiger partial charge >= 0.3 is 0 Å². The maximum absolute atomic E-state index is 9.46. The first kappa shape index (κ1) is 12.7. The number of aliphatic hydroxyl groups is 1. The maximum Gasteiger partial charge on any atom is 0.0648 e. The Labute approximate surface area is 108 Å². The highest BCUT2D eigenvalue weighted by Crippen LogP contribution is 2.25. The van der Waals surface area contributed by atoms with Crippen LogP contribution in [0.15, 0.2) is 18.2 Å². The smallest absolute Gasteiger partial charge is 0.0648 e. The Morgan fingerprint density at radius 1 is 1.41 bits per heavy atom. The summed E-state index contributed by atoms with van der Waals surface area (Å²) in [4.78, 5) is 4.48. The normalized spacial score (nSPS) is 21.9. The van der Waals surface area contributed by atoms with Crippen LogP contribution in [0.5, 0.6) is 0 Å². The van der Waals surface area contributed by atoms with Gasteiger partial charge in [0.05, 0.1) is 12.6 Å². The number of likely N-dealkylation sites (N-methyl/N-ethyl adjacent to an activating group) is 1. The van der Waals surface area contributed by atoms with Gasteiger partial charge < -0.3 is 14.9 Å². The minimum absolute atomic E-state index is 0.160. The molecule has 0 saturated carbocycles. The summed E-state index contributed by atoms with van der Waals surface area (Å²) in [7, 11) is 2.09. The molecule has 0 amide bonds. The van der Waals surface area contributed by atoms with E-state index in [4.69, 9.17) is 11.6 Å². The second-order valence-corrected chi connectivity index (χ2v) is 5.13. The molecular weight excluding hydrogens is 236 g/mol. The molecule has 1 heterocycles. The van der Waals surface area contributed by atoms with Crippen LogP contribution in [-0.4, -0.2) is 49.3 Å². The predicted molar refractivity (Wildman–Crippen MR) is 71.9 cm³/mol. The van der Waals surface area contributed by atoms with Crippen LogP contribution in [0.4, 0.5) is 5.69 Å². The molecule has 1 aromatic rings. The van der Waals surface area contributed by atoms with Crippen molar-refractivity contribution in [2.45, 2.75) is 13.0 Å². The summed E-state index contributed by atoms with van der Waals surface area (Å²) in [6, 6.07) is 6.26. The van der Waals surface area contributed by atoms with Gasteiger partial charge in [-0.1, -0.05) is 17.7 Å². The lowest BCUT2D eigenvalue weighted by Gasteiger charge is -2.40. The van der Waals surface area contributed by atoms with Crippen LogP contribution in [0.25, 0.3) is 0 Å². The molecule has 0 spiro atoms. The summed E-state index contributed by atoms with van der Waals surface area (Å²) < 4.78 is 0. The van der Waals surface area contributed by atoms with Crippen molar-refractivity contribution >= 4 is 17.3 Å². The molecule has 1 atom stereocenters. The Morgan fingerprint density at radius 3 is 2.82 bits per heavy atom. The van der Waals surface area contributed by atoms with Gasteiger partial charge in [0.15, 0.2) is 0 Å². The highest BCUT2D eigenvalue weighted by molar-refractivity contribution is 6.31. The van der Waals surface area contributed by atoms with E-state index in [1.807, 2.05) is 19.1 Å². The highest BCUT2D eigenvalue weighted by Gasteiger charge is 2.24. The van der Waals surface area contributed by atoms with Gasteiger partial charge in [0, 0.05) is 30.3 Å². The number of nitrogens with zero attached hydrogens (tertiary/aromatic N) is 2. The first-order valence-corrected chi connectivity index (χ1v) is 6.32. The number of halogens is 1. The molecule has 2 rings (SSSR count). The van der Waals surface area contributed by atoms with Crippen LogP contribution in [0, 0.1) is 6.92 Å². The van der Waals surface area contributed by atoms with Crippen molar-refractivity contribution in [3.8, 4) is 0 Å². The molecule has 1 saturated heterocycles. The lowest BCUT2D eigenvalue weighted by Crippen LogP contribution is -2.53. The molecule has 94 valence electrons. The number of piperazine rings is 1. The van der Waals surface area contributed by atoms with Crippen molar-refractivity contribution in [1.29, 1.82) is 0 Å². The van der Waals surface area contributed by atoms with E-state index in [1.54, 1.807) is 0 Å². The van der Waals surface area contributed by atoms with Gasteiger partial charge in [-0.25, -0.2) is 0 Å². The zero-order valence-electron chi connectivity index (χ0n) is 10.4. The molecule has 1 N–H and O–H groups in total. The number of aliphatic hydroxyl groups excluding tert-OH is 1. The molecule has 4 heteroatoms. The number of anilines is 1. The van der Waals surface area contributed by atoms with E-state index in [-0.39, 0.29) is 12.6 Å². The number of rotatable bonds is 2. The molecule has 17 heavy (non-hydrogen) atoms. The quantitative estimate of drug-likeness (QED) is 0.871. The van der Waals surface area contributed by atoms with Gasteiger partial charge in [0.1, 0.15) is 0 Å². The van der Waals surface area contributed by atoms with E-state index >= 15 is 0 Å². The number of hydrogen-bond donors (Lipinski definition) is 1. The van der Waals surface area contributed by atoms with Gasteiger partial charge in [-0.3, -0.25) is 0 Å². The van der Waals surface area contributed by atoms with Gasteiger partial charge in [-0.15, -0.1) is 0 Å². The molecule has 0 radical (unpaired) electrons. The third-order valence-electron chi connectivity index (χ3n) is 3.38. The SMILES string of the molecule is Cc1ccc(N2CCN(C)CC2CO)cc1Cl. The van der Waals surface area contributed by atoms with E-state index in [0.717, 1.165) is 35.9 Å². The Morgan fingerprint density at radius 2 is 2.18 bits per heavy atom. The molecule has 1 aliphatic heterocycles. The first-order chi connectivity index (χ1) is 8.11. The Balaban J connectivity index is 2.22. The largest absolute Gasteiger partial charge is 0.394 e. The highest BCUT2D eigenvalue weighted by atomic mass is 35.5. The molecule has 3 nitrogen and oxygen atoms in total. The minimum Gasteiger partial charge on any atom is -0.394 e. The van der Waals surface area contributed by atoms with Crippen LogP contribution in [-0.2, 0) is 0 Å². The molecule has 1 aliphatic rings. The van der Waals surface area contributed by atoms with Crippen molar-refractivity contribution in [2.75, 3.05) is 38.2 Å². The van der Waals surface area contributed by atoms with Crippen LogP contribution in [0.3, 0.4) is 0 Å². The van der Waals surface area contributed by atoms with Gasteiger partial charge in [-0.05, 0) is 31.7 Å². The molecule has 1 unspecified atom stereocenters. The Hall–Kier alpha value is -0.770. The lowest BCUT2D eigenvalue weighted by molar-refractivity contribution is 0.191. The maximum atomic E-state index is 9.46. The van der Waals surface area contributed by atoms with Crippen molar-refractivity contribution in [3.63, 3.8) is 0 Å². The van der Waals surface area contributed by atoms with Crippen molar-refractivity contribution in [2.24, 2.45) is 0 Å². The summed E-state index contributed by atoms with van der Waals surface area (Å²) >= 11 is 6.15. The molecular formula is C13H19ClN2O. The summed E-state index contributed by atoms with van der Waals surface area (Å²) in [5, 5.41) is 10.3. The molecule has 1 aromatic carbocycles. The monoisotopic (exact) mass is 254 g/mol. The summed E-state index contributed by atoms with van der Waals surface area (Å²) in [6.45, 7) is 5.01. The zero-order chi connectivity index (χ0) is 12.4. The molecule has 0 bridgehead atoms. The fraction of sp³-hybridized carbons (Fsp3) is 0.538. The van der Waals surface area contributed by atoms with Gasteiger partial charge in [0.2, 0.25) is 0 Å². The third kappa shape index (κ3) is 2.73. The van der Waals surface area contributed by atoms with Crippen molar-refractivity contribution < 1.29 is 5.11 Å². The summed E-state index contributed by atoms with van der Waals surface area (Å²) in [5.74, 6) is 0. The Kier molecular flexibility index (Phi) is 3.92. The first-order valence-electron chi connectivity index (χ1n) is 5.94. The summed E-state index contributed by atoms with van der Waals surface area (Å²) in [6.07, 6.45) is 0. The fourth-order valence-electron chi connectivity index (χ4n) is 2.27. The van der Waals surface area contributed by atoms with Crippen LogP contribution in [0.2, 0.25) is 5.02 Å². The van der Waals surface area contributed by atoms with E-state index in [0.29, 0.717) is 0 Å². The molecule has 1 fully saturated rings. The van der Waals surface area contributed by atoms with Crippen molar-refractivity contribution in [1.82, 2.24) is 4.90 Å². The standard InChI is InChI=1S/C13H19ClN2O/c1-10-3-4-11(7-13(10)14)16-6-5-15(2)8-12(16)9-17/h3-4,7,12,17H,5-6,8-9H2,1-2H3. The van der Waals surface area contributed by atoms with Gasteiger partial charge in [-0.2, -0.15) is 0 Å². The average Bonchev–Trinajstić information content (AvgIpc) is 2.32. The second-order valence-electron chi connectivity index (χ2n) is 4.73. The topological polar surface area (TPSA) is 26.7 Å². The lowest BCUT2D eigenvalue weighted by atomic mass is 10.1. The second kappa shape index (κ2) is 5.25. The van der Waals surface area contributed by atoms with E-state index in [9.17, 15) is 5.11 Å².